The number of hydrogen-bond donors (Lipinski definition) is 1. The van der Waals surface area contributed by atoms with Crippen molar-refractivity contribution in [3.63, 3.8) is 0 Å². The molecule has 5 nitrogen and oxygen atoms in total. The molecule has 2 aromatic heterocycles. The van der Waals surface area contributed by atoms with Crippen molar-refractivity contribution in [2.75, 3.05) is 19.5 Å². The molecular formula is C14H19N3O2S. The Labute approximate surface area is 122 Å². The maximum Gasteiger partial charge on any atom is 0.261 e. The first kappa shape index (κ1) is 13.6. The van der Waals surface area contributed by atoms with E-state index in [1.807, 2.05) is 0 Å². The summed E-state index contributed by atoms with van der Waals surface area (Å²) in [6.07, 6.45) is 6.32. The molecule has 0 fully saturated rings. The van der Waals surface area contributed by atoms with Crippen LogP contribution in [0.1, 0.15) is 35.5 Å². The summed E-state index contributed by atoms with van der Waals surface area (Å²) < 4.78 is 10.4. The highest BCUT2D eigenvalue weighted by molar-refractivity contribution is 7.16. The number of aryl methyl sites for hydroxylation is 2. The van der Waals surface area contributed by atoms with Gasteiger partial charge >= 0.3 is 0 Å². The summed E-state index contributed by atoms with van der Waals surface area (Å²) in [6, 6.07) is 0. The molecular weight excluding hydrogens is 274 g/mol. The van der Waals surface area contributed by atoms with Crippen LogP contribution >= 0.6 is 11.3 Å². The number of nitrogens with zero attached hydrogens (tertiary/aromatic N) is 2. The molecule has 2 heterocycles. The third-order valence-electron chi connectivity index (χ3n) is 3.63. The fraction of sp³-hybridized carbons (Fsp3) is 0.571. The van der Waals surface area contributed by atoms with E-state index in [-0.39, 0.29) is 0 Å². The van der Waals surface area contributed by atoms with Crippen LogP contribution in [0.2, 0.25) is 0 Å². The minimum absolute atomic E-state index is 0.578. The molecule has 0 aromatic carbocycles. The summed E-state index contributed by atoms with van der Waals surface area (Å²) in [5.74, 6) is 1.31. The van der Waals surface area contributed by atoms with Gasteiger partial charge in [-0.2, -0.15) is 4.98 Å². The molecule has 20 heavy (non-hydrogen) atoms. The second kappa shape index (κ2) is 5.93. The van der Waals surface area contributed by atoms with Gasteiger partial charge in [-0.3, -0.25) is 0 Å². The van der Waals surface area contributed by atoms with Crippen molar-refractivity contribution in [3.05, 3.63) is 16.3 Å². The van der Waals surface area contributed by atoms with Crippen molar-refractivity contribution in [2.24, 2.45) is 0 Å². The van der Waals surface area contributed by atoms with Crippen molar-refractivity contribution < 1.29 is 9.26 Å². The van der Waals surface area contributed by atoms with Gasteiger partial charge in [0.25, 0.3) is 5.89 Å². The Bertz CT molecular complexity index is 591. The lowest BCUT2D eigenvalue weighted by Crippen LogP contribution is -2.00. The minimum atomic E-state index is 0.578. The Morgan fingerprint density at radius 3 is 3.05 bits per heavy atom. The zero-order valence-corrected chi connectivity index (χ0v) is 12.5. The molecule has 0 bridgehead atoms. The van der Waals surface area contributed by atoms with Crippen molar-refractivity contribution in [3.8, 4) is 11.5 Å². The number of nitrogens with two attached hydrogens (primary N) is 1. The molecule has 0 atom stereocenters. The lowest BCUT2D eigenvalue weighted by Gasteiger charge is -2.10. The van der Waals surface area contributed by atoms with Crippen molar-refractivity contribution in [2.45, 2.75) is 38.5 Å². The maximum absolute atomic E-state index is 6.15. The second-order valence-electron chi connectivity index (χ2n) is 5.06. The predicted molar refractivity (Wildman–Crippen MR) is 78.9 cm³/mol. The van der Waals surface area contributed by atoms with Gasteiger partial charge < -0.3 is 15.0 Å². The number of rotatable bonds is 5. The third-order valence-corrected chi connectivity index (χ3v) is 4.75. The Morgan fingerprint density at radius 1 is 1.35 bits per heavy atom. The normalized spacial score (nSPS) is 14.4. The summed E-state index contributed by atoms with van der Waals surface area (Å²) in [6.45, 7) is 0.708. The molecule has 2 N–H and O–H groups in total. The van der Waals surface area contributed by atoms with Gasteiger partial charge in [-0.25, -0.2) is 0 Å². The van der Waals surface area contributed by atoms with E-state index < -0.39 is 0 Å². The van der Waals surface area contributed by atoms with Gasteiger partial charge in [0.1, 0.15) is 0 Å². The van der Waals surface area contributed by atoms with Crippen LogP contribution in [0.3, 0.4) is 0 Å². The molecule has 108 valence electrons. The van der Waals surface area contributed by atoms with Gasteiger partial charge in [-0.15, -0.1) is 11.3 Å². The Balaban J connectivity index is 1.84. The first-order valence-corrected chi connectivity index (χ1v) is 7.83. The molecule has 0 amide bonds. The summed E-state index contributed by atoms with van der Waals surface area (Å²) in [7, 11) is 1.69. The molecule has 2 aromatic rings. The van der Waals surface area contributed by atoms with E-state index in [4.69, 9.17) is 15.0 Å². The van der Waals surface area contributed by atoms with E-state index in [0.29, 0.717) is 12.5 Å². The van der Waals surface area contributed by atoms with Gasteiger partial charge in [-0.05, 0) is 37.7 Å². The van der Waals surface area contributed by atoms with Crippen LogP contribution in [0.25, 0.3) is 11.5 Å². The average molecular weight is 293 g/mol. The first-order chi connectivity index (χ1) is 9.79. The minimum Gasteiger partial charge on any atom is -0.390 e. The number of methoxy groups -OCH3 is 1. The largest absolute Gasteiger partial charge is 0.390 e. The lowest BCUT2D eigenvalue weighted by atomic mass is 9.95. The zero-order valence-electron chi connectivity index (χ0n) is 11.6. The molecule has 6 heteroatoms. The molecule has 0 saturated carbocycles. The van der Waals surface area contributed by atoms with E-state index in [1.54, 1.807) is 18.4 Å². The fourth-order valence-corrected chi connectivity index (χ4v) is 3.81. The van der Waals surface area contributed by atoms with Crippen molar-refractivity contribution in [1.82, 2.24) is 10.1 Å². The van der Waals surface area contributed by atoms with Crippen LogP contribution in [-0.2, 0) is 24.0 Å². The van der Waals surface area contributed by atoms with Crippen LogP contribution in [0.5, 0.6) is 0 Å². The summed E-state index contributed by atoms with van der Waals surface area (Å²) in [5.41, 5.74) is 8.46. The molecule has 1 aliphatic carbocycles. The standard InChI is InChI=1S/C14H19N3O2S/c1-18-8-4-7-11-16-14(19-17-11)12-9-5-2-3-6-10(9)20-13(12)15/h2-8,15H2,1H3. The van der Waals surface area contributed by atoms with Gasteiger partial charge in [-0.1, -0.05) is 5.16 Å². The Hall–Kier alpha value is -1.40. The topological polar surface area (TPSA) is 74.2 Å². The smallest absolute Gasteiger partial charge is 0.261 e. The number of thiophene rings is 1. The van der Waals surface area contributed by atoms with Crippen molar-refractivity contribution >= 4 is 16.3 Å². The average Bonchev–Trinajstić information content (AvgIpc) is 3.02. The second-order valence-corrected chi connectivity index (χ2v) is 6.20. The van der Waals surface area contributed by atoms with Crippen molar-refractivity contribution in [1.29, 1.82) is 0 Å². The Kier molecular flexibility index (Phi) is 4.03. The first-order valence-electron chi connectivity index (χ1n) is 7.01. The number of ether oxygens (including phenoxy) is 1. The monoisotopic (exact) mass is 293 g/mol. The van der Waals surface area contributed by atoms with E-state index in [0.717, 1.165) is 42.1 Å². The molecule has 0 saturated heterocycles. The maximum atomic E-state index is 6.15. The van der Waals surface area contributed by atoms with Gasteiger partial charge in [0.05, 0.1) is 10.6 Å². The van der Waals surface area contributed by atoms with Crippen LogP contribution in [-0.4, -0.2) is 23.9 Å². The number of nitrogen functional groups attached to an aromatic ring is 1. The third kappa shape index (κ3) is 2.58. The van der Waals surface area contributed by atoms with Crippen LogP contribution in [0.15, 0.2) is 4.52 Å². The fourth-order valence-electron chi connectivity index (χ4n) is 2.65. The molecule has 1 aliphatic rings. The SMILES string of the molecule is COCCCc1noc(-c2c(N)sc3c2CCCC3)n1. The molecule has 0 aliphatic heterocycles. The highest BCUT2D eigenvalue weighted by atomic mass is 32.1. The van der Waals surface area contributed by atoms with Crippen LogP contribution < -0.4 is 5.73 Å². The molecule has 3 rings (SSSR count). The highest BCUT2D eigenvalue weighted by Crippen LogP contribution is 2.41. The molecule has 0 radical (unpaired) electrons. The quantitative estimate of drug-likeness (QED) is 0.858. The van der Waals surface area contributed by atoms with E-state index >= 15 is 0 Å². The number of hydrogen-bond acceptors (Lipinski definition) is 6. The van der Waals surface area contributed by atoms with E-state index in [9.17, 15) is 0 Å². The number of fused-ring (bicyclic) bond motifs is 1. The molecule has 0 spiro atoms. The summed E-state index contributed by atoms with van der Waals surface area (Å²) >= 11 is 1.67. The van der Waals surface area contributed by atoms with E-state index in [1.165, 1.54) is 23.3 Å². The lowest BCUT2D eigenvalue weighted by molar-refractivity contribution is 0.194. The summed E-state index contributed by atoms with van der Waals surface area (Å²) in [5, 5.41) is 4.85. The van der Waals surface area contributed by atoms with Gasteiger partial charge in [0.2, 0.25) is 0 Å². The predicted octanol–water partition coefficient (Wildman–Crippen LogP) is 2.84. The number of anilines is 1. The van der Waals surface area contributed by atoms with Crippen LogP contribution in [0.4, 0.5) is 5.00 Å². The van der Waals surface area contributed by atoms with Gasteiger partial charge in [0.15, 0.2) is 5.82 Å². The van der Waals surface area contributed by atoms with E-state index in [2.05, 4.69) is 10.1 Å². The Morgan fingerprint density at radius 2 is 2.20 bits per heavy atom. The summed E-state index contributed by atoms with van der Waals surface area (Å²) in [4.78, 5) is 5.88. The zero-order chi connectivity index (χ0) is 13.9. The van der Waals surface area contributed by atoms with Gasteiger partial charge in [0, 0.05) is 25.0 Å². The number of aromatic nitrogens is 2. The van der Waals surface area contributed by atoms with Crippen LogP contribution in [0, 0.1) is 0 Å². The highest BCUT2D eigenvalue weighted by Gasteiger charge is 2.24. The molecule has 0 unspecified atom stereocenters.